The van der Waals surface area contributed by atoms with Gasteiger partial charge in [0.15, 0.2) is 5.82 Å². The van der Waals surface area contributed by atoms with Gasteiger partial charge in [-0.25, -0.2) is 0 Å². The summed E-state index contributed by atoms with van der Waals surface area (Å²) in [6.07, 6.45) is 0.905. The summed E-state index contributed by atoms with van der Waals surface area (Å²) in [5, 5.41) is 4.71. The third kappa shape index (κ3) is 3.96. The molecule has 0 saturated carbocycles. The predicted molar refractivity (Wildman–Crippen MR) is 77.4 cm³/mol. The summed E-state index contributed by atoms with van der Waals surface area (Å²) in [5.74, 6) is 2.16. The third-order valence-corrected chi connectivity index (χ3v) is 4.05. The van der Waals surface area contributed by atoms with Gasteiger partial charge >= 0.3 is 0 Å². The Morgan fingerprint density at radius 2 is 2.11 bits per heavy atom. The fourth-order valence-electron chi connectivity index (χ4n) is 1.61. The molecule has 0 spiro atoms. The van der Waals surface area contributed by atoms with Gasteiger partial charge in [-0.1, -0.05) is 23.7 Å². The van der Waals surface area contributed by atoms with Crippen molar-refractivity contribution in [1.29, 1.82) is 0 Å². The Hall–Kier alpha value is -1.04. The molecule has 0 aliphatic heterocycles. The summed E-state index contributed by atoms with van der Waals surface area (Å²) >= 11 is 7.49. The Morgan fingerprint density at radius 1 is 1.37 bits per heavy atom. The molecule has 0 amide bonds. The Kier molecular flexibility index (Phi) is 5.24. The first-order valence-electron chi connectivity index (χ1n) is 6.13. The van der Waals surface area contributed by atoms with E-state index in [1.807, 2.05) is 24.3 Å². The van der Waals surface area contributed by atoms with Gasteiger partial charge < -0.3 is 10.3 Å². The number of benzene rings is 1. The molecule has 1 aromatic heterocycles. The summed E-state index contributed by atoms with van der Waals surface area (Å²) in [7, 11) is 0. The zero-order valence-electron chi connectivity index (χ0n) is 10.7. The van der Waals surface area contributed by atoms with Crippen molar-refractivity contribution in [2.45, 2.75) is 29.9 Å². The number of hydrogen-bond donors (Lipinski definition) is 1. The van der Waals surface area contributed by atoms with Crippen LogP contribution in [0.15, 0.2) is 33.7 Å². The SMILES string of the molecule is CCC(CN)c1nc(CSc2ccc(Cl)cc2)no1. The highest BCUT2D eigenvalue weighted by Crippen LogP contribution is 2.24. The van der Waals surface area contributed by atoms with Gasteiger partial charge in [0.05, 0.1) is 11.7 Å². The van der Waals surface area contributed by atoms with Gasteiger partial charge in [0.1, 0.15) is 0 Å². The molecule has 2 aromatic rings. The molecule has 1 atom stereocenters. The van der Waals surface area contributed by atoms with Crippen molar-refractivity contribution in [3.8, 4) is 0 Å². The van der Waals surface area contributed by atoms with Crippen molar-refractivity contribution in [1.82, 2.24) is 10.1 Å². The quantitative estimate of drug-likeness (QED) is 0.827. The fourth-order valence-corrected chi connectivity index (χ4v) is 2.48. The highest BCUT2D eigenvalue weighted by atomic mass is 35.5. The monoisotopic (exact) mass is 297 g/mol. The molecule has 1 aromatic carbocycles. The lowest BCUT2D eigenvalue weighted by atomic mass is 10.1. The molecular formula is C13H16ClN3OS. The van der Waals surface area contributed by atoms with Crippen LogP contribution in [0.1, 0.15) is 31.0 Å². The molecule has 0 radical (unpaired) electrons. The number of aromatic nitrogens is 2. The fraction of sp³-hybridized carbons (Fsp3) is 0.385. The maximum atomic E-state index is 5.84. The van der Waals surface area contributed by atoms with E-state index in [9.17, 15) is 0 Å². The molecule has 19 heavy (non-hydrogen) atoms. The Balaban J connectivity index is 1.95. The van der Waals surface area contributed by atoms with Gasteiger partial charge in [-0.05, 0) is 30.7 Å². The number of thioether (sulfide) groups is 1. The van der Waals surface area contributed by atoms with Gasteiger partial charge in [-0.2, -0.15) is 4.98 Å². The van der Waals surface area contributed by atoms with Gasteiger partial charge in [0, 0.05) is 16.5 Å². The molecule has 0 bridgehead atoms. The maximum Gasteiger partial charge on any atom is 0.231 e. The van der Waals surface area contributed by atoms with E-state index in [0.717, 1.165) is 16.3 Å². The van der Waals surface area contributed by atoms with Crippen LogP contribution in [0.25, 0.3) is 0 Å². The summed E-state index contributed by atoms with van der Waals surface area (Å²) in [6.45, 7) is 2.59. The van der Waals surface area contributed by atoms with Crippen molar-refractivity contribution >= 4 is 23.4 Å². The molecule has 2 N–H and O–H groups in total. The van der Waals surface area contributed by atoms with Crippen LogP contribution in [0.3, 0.4) is 0 Å². The molecule has 0 aliphatic carbocycles. The molecule has 0 fully saturated rings. The minimum atomic E-state index is 0.154. The van der Waals surface area contributed by atoms with E-state index < -0.39 is 0 Å². The van der Waals surface area contributed by atoms with E-state index in [0.29, 0.717) is 24.0 Å². The molecule has 1 heterocycles. The van der Waals surface area contributed by atoms with Crippen LogP contribution in [0.2, 0.25) is 5.02 Å². The van der Waals surface area contributed by atoms with Crippen molar-refractivity contribution in [3.63, 3.8) is 0 Å². The number of halogens is 1. The lowest BCUT2D eigenvalue weighted by molar-refractivity contribution is 0.348. The minimum Gasteiger partial charge on any atom is -0.339 e. The average molecular weight is 298 g/mol. The Morgan fingerprint density at radius 3 is 2.74 bits per heavy atom. The average Bonchev–Trinajstić information content (AvgIpc) is 2.88. The van der Waals surface area contributed by atoms with E-state index in [1.165, 1.54) is 0 Å². The van der Waals surface area contributed by atoms with Crippen molar-refractivity contribution in [2.75, 3.05) is 6.54 Å². The second kappa shape index (κ2) is 6.93. The van der Waals surface area contributed by atoms with Gasteiger partial charge in [0.25, 0.3) is 0 Å². The Labute approximate surface area is 121 Å². The largest absolute Gasteiger partial charge is 0.339 e. The lowest BCUT2D eigenvalue weighted by Crippen LogP contribution is -2.11. The highest BCUT2D eigenvalue weighted by molar-refractivity contribution is 7.98. The smallest absolute Gasteiger partial charge is 0.231 e. The number of nitrogens with two attached hydrogens (primary N) is 1. The molecule has 4 nitrogen and oxygen atoms in total. The van der Waals surface area contributed by atoms with Crippen LogP contribution >= 0.6 is 23.4 Å². The molecule has 0 aliphatic rings. The first-order valence-corrected chi connectivity index (χ1v) is 7.50. The summed E-state index contributed by atoms with van der Waals surface area (Å²) < 4.78 is 5.24. The van der Waals surface area contributed by atoms with Crippen molar-refractivity contribution < 1.29 is 4.52 Å². The minimum absolute atomic E-state index is 0.154. The first kappa shape index (κ1) is 14.4. The normalized spacial score (nSPS) is 12.6. The molecule has 102 valence electrons. The zero-order chi connectivity index (χ0) is 13.7. The standard InChI is InChI=1S/C13H16ClN3OS/c1-2-9(7-15)13-16-12(17-18-13)8-19-11-5-3-10(14)4-6-11/h3-6,9H,2,7-8,15H2,1H3. The van der Waals surface area contributed by atoms with E-state index >= 15 is 0 Å². The van der Waals surface area contributed by atoms with E-state index in [4.69, 9.17) is 21.9 Å². The van der Waals surface area contributed by atoms with Crippen LogP contribution < -0.4 is 5.73 Å². The highest BCUT2D eigenvalue weighted by Gasteiger charge is 2.15. The number of nitrogens with zero attached hydrogens (tertiary/aromatic N) is 2. The van der Waals surface area contributed by atoms with Crippen LogP contribution in [0.5, 0.6) is 0 Å². The maximum absolute atomic E-state index is 5.84. The van der Waals surface area contributed by atoms with Crippen LogP contribution in [-0.2, 0) is 5.75 Å². The molecular weight excluding hydrogens is 282 g/mol. The second-order valence-corrected chi connectivity index (χ2v) is 5.62. The molecule has 2 rings (SSSR count). The van der Waals surface area contributed by atoms with Crippen molar-refractivity contribution in [2.24, 2.45) is 5.73 Å². The first-order chi connectivity index (χ1) is 9.22. The van der Waals surface area contributed by atoms with Crippen LogP contribution in [0.4, 0.5) is 0 Å². The third-order valence-electron chi connectivity index (χ3n) is 2.79. The second-order valence-electron chi connectivity index (χ2n) is 4.13. The number of hydrogen-bond acceptors (Lipinski definition) is 5. The Bertz CT molecular complexity index is 511. The summed E-state index contributed by atoms with van der Waals surface area (Å²) in [5.41, 5.74) is 5.66. The summed E-state index contributed by atoms with van der Waals surface area (Å²) in [6, 6.07) is 7.69. The summed E-state index contributed by atoms with van der Waals surface area (Å²) in [4.78, 5) is 5.51. The topological polar surface area (TPSA) is 64.9 Å². The van der Waals surface area contributed by atoms with Gasteiger partial charge in [-0.3, -0.25) is 0 Å². The molecule has 6 heteroatoms. The molecule has 1 unspecified atom stereocenters. The lowest BCUT2D eigenvalue weighted by Gasteiger charge is -2.04. The van der Waals surface area contributed by atoms with Crippen LogP contribution in [0, 0.1) is 0 Å². The van der Waals surface area contributed by atoms with Gasteiger partial charge in [-0.15, -0.1) is 11.8 Å². The van der Waals surface area contributed by atoms with E-state index in [1.54, 1.807) is 11.8 Å². The number of rotatable bonds is 6. The zero-order valence-corrected chi connectivity index (χ0v) is 12.2. The molecule has 0 saturated heterocycles. The van der Waals surface area contributed by atoms with E-state index in [2.05, 4.69) is 17.1 Å². The van der Waals surface area contributed by atoms with Gasteiger partial charge in [0.2, 0.25) is 5.89 Å². The predicted octanol–water partition coefficient (Wildman–Crippen LogP) is 3.47. The van der Waals surface area contributed by atoms with E-state index in [-0.39, 0.29) is 5.92 Å². The van der Waals surface area contributed by atoms with Crippen molar-refractivity contribution in [3.05, 3.63) is 41.0 Å². The van der Waals surface area contributed by atoms with Crippen LogP contribution in [-0.4, -0.2) is 16.7 Å².